The predicted octanol–water partition coefficient (Wildman–Crippen LogP) is 1.96. The van der Waals surface area contributed by atoms with Crippen molar-refractivity contribution in [2.75, 3.05) is 32.7 Å². The van der Waals surface area contributed by atoms with Gasteiger partial charge in [-0.15, -0.1) is 0 Å². The molecule has 25 heavy (non-hydrogen) atoms. The summed E-state index contributed by atoms with van der Waals surface area (Å²) in [7, 11) is 0. The van der Waals surface area contributed by atoms with E-state index in [2.05, 4.69) is 19.4 Å². The molecule has 0 unspecified atom stereocenters. The van der Waals surface area contributed by atoms with Crippen molar-refractivity contribution in [3.05, 3.63) is 48.1 Å². The highest BCUT2D eigenvalue weighted by Gasteiger charge is 2.20. The molecule has 0 aliphatic carbocycles. The topological polar surface area (TPSA) is 54.3 Å². The Balaban J connectivity index is 1.48. The first kappa shape index (κ1) is 17.5. The average molecular weight is 345 g/mol. The summed E-state index contributed by atoms with van der Waals surface area (Å²) in [6, 6.07) is 1.26. The molecular formula is C18H24FN5O. The molecule has 1 aliphatic rings. The van der Waals surface area contributed by atoms with Gasteiger partial charge in [-0.3, -0.25) is 9.78 Å². The highest BCUT2D eigenvalue weighted by molar-refractivity contribution is 5.93. The maximum Gasteiger partial charge on any atom is 0.255 e. The lowest BCUT2D eigenvalue weighted by Gasteiger charge is -2.22. The molecule has 3 rings (SSSR count). The van der Waals surface area contributed by atoms with E-state index in [-0.39, 0.29) is 5.91 Å². The van der Waals surface area contributed by atoms with Crippen LogP contribution in [0.15, 0.2) is 30.9 Å². The quantitative estimate of drug-likeness (QED) is 0.831. The number of nitrogens with zero attached hydrogens (tertiary/aromatic N) is 5. The molecule has 0 bridgehead atoms. The van der Waals surface area contributed by atoms with E-state index in [0.29, 0.717) is 18.7 Å². The second kappa shape index (κ2) is 8.20. The smallest absolute Gasteiger partial charge is 0.255 e. The van der Waals surface area contributed by atoms with E-state index in [1.807, 2.05) is 19.3 Å². The SMILES string of the molecule is Cc1nccn1CCCN1CCCN(C(=O)c2cncc(F)c2)CC1. The molecule has 6 nitrogen and oxygen atoms in total. The van der Waals surface area contributed by atoms with Crippen molar-refractivity contribution in [3.63, 3.8) is 0 Å². The van der Waals surface area contributed by atoms with Crippen molar-refractivity contribution >= 4 is 5.91 Å². The largest absolute Gasteiger partial charge is 0.337 e. The van der Waals surface area contributed by atoms with E-state index in [0.717, 1.165) is 51.0 Å². The van der Waals surface area contributed by atoms with E-state index in [9.17, 15) is 9.18 Å². The molecule has 2 aromatic rings. The predicted molar refractivity (Wildman–Crippen MR) is 92.7 cm³/mol. The summed E-state index contributed by atoms with van der Waals surface area (Å²) in [4.78, 5) is 24.7. The van der Waals surface area contributed by atoms with E-state index < -0.39 is 5.82 Å². The Bertz CT molecular complexity index is 717. The van der Waals surface area contributed by atoms with Crippen LogP contribution >= 0.6 is 0 Å². The van der Waals surface area contributed by atoms with E-state index in [1.165, 1.54) is 12.3 Å². The van der Waals surface area contributed by atoms with Gasteiger partial charge in [0.05, 0.1) is 11.8 Å². The standard InChI is InChI=1S/C18H24FN5O/c1-15-21-4-9-23(15)7-2-5-22-6-3-8-24(11-10-22)18(25)16-12-17(19)14-20-13-16/h4,9,12-14H,2-3,5-8,10-11H2,1H3. The number of hydrogen-bond acceptors (Lipinski definition) is 4. The van der Waals surface area contributed by atoms with Crippen LogP contribution in [-0.2, 0) is 6.54 Å². The zero-order chi connectivity index (χ0) is 17.6. The third-order valence-electron chi connectivity index (χ3n) is 4.62. The van der Waals surface area contributed by atoms with Crippen LogP contribution in [0.1, 0.15) is 29.0 Å². The monoisotopic (exact) mass is 345 g/mol. The van der Waals surface area contributed by atoms with Crippen molar-refractivity contribution in [1.29, 1.82) is 0 Å². The van der Waals surface area contributed by atoms with E-state index in [1.54, 1.807) is 4.90 Å². The lowest BCUT2D eigenvalue weighted by molar-refractivity contribution is 0.0760. The number of aryl methyl sites for hydroxylation is 2. The number of rotatable bonds is 5. The third kappa shape index (κ3) is 4.63. The minimum absolute atomic E-state index is 0.136. The van der Waals surface area contributed by atoms with E-state index in [4.69, 9.17) is 0 Å². The Labute approximate surface area is 147 Å². The minimum atomic E-state index is -0.475. The summed E-state index contributed by atoms with van der Waals surface area (Å²) < 4.78 is 15.4. The second-order valence-electron chi connectivity index (χ2n) is 6.40. The van der Waals surface area contributed by atoms with Gasteiger partial charge in [0.25, 0.3) is 5.91 Å². The Morgan fingerprint density at radius 3 is 2.84 bits per heavy atom. The Morgan fingerprint density at radius 2 is 2.08 bits per heavy atom. The van der Waals surface area contributed by atoms with Crippen LogP contribution in [0.25, 0.3) is 0 Å². The summed E-state index contributed by atoms with van der Waals surface area (Å²) >= 11 is 0. The summed E-state index contributed by atoms with van der Waals surface area (Å²) in [5.74, 6) is 0.427. The van der Waals surface area contributed by atoms with Crippen LogP contribution < -0.4 is 0 Å². The van der Waals surface area contributed by atoms with Crippen LogP contribution in [0.2, 0.25) is 0 Å². The molecule has 0 spiro atoms. The van der Waals surface area contributed by atoms with Crippen LogP contribution in [0.3, 0.4) is 0 Å². The lowest BCUT2D eigenvalue weighted by atomic mass is 10.2. The maximum atomic E-state index is 13.3. The van der Waals surface area contributed by atoms with Gasteiger partial charge >= 0.3 is 0 Å². The zero-order valence-corrected chi connectivity index (χ0v) is 14.6. The van der Waals surface area contributed by atoms with E-state index >= 15 is 0 Å². The van der Waals surface area contributed by atoms with Crippen LogP contribution in [-0.4, -0.2) is 63.0 Å². The molecule has 0 atom stereocenters. The van der Waals surface area contributed by atoms with Crippen molar-refractivity contribution in [1.82, 2.24) is 24.3 Å². The molecule has 0 N–H and O–H groups in total. The van der Waals surface area contributed by atoms with Gasteiger partial charge in [0.15, 0.2) is 0 Å². The number of pyridine rings is 1. The van der Waals surface area contributed by atoms with Gasteiger partial charge in [-0.2, -0.15) is 0 Å². The fraction of sp³-hybridized carbons (Fsp3) is 0.500. The average Bonchev–Trinajstić information content (AvgIpc) is 2.87. The summed E-state index contributed by atoms with van der Waals surface area (Å²) in [5.41, 5.74) is 0.323. The Kier molecular flexibility index (Phi) is 5.75. The van der Waals surface area contributed by atoms with Gasteiger partial charge in [0, 0.05) is 44.8 Å². The van der Waals surface area contributed by atoms with Crippen molar-refractivity contribution in [2.45, 2.75) is 26.3 Å². The molecule has 1 saturated heterocycles. The molecule has 1 aliphatic heterocycles. The van der Waals surface area contributed by atoms with Gasteiger partial charge in [0.1, 0.15) is 11.6 Å². The van der Waals surface area contributed by atoms with Crippen molar-refractivity contribution in [2.24, 2.45) is 0 Å². The molecule has 1 amide bonds. The maximum absolute atomic E-state index is 13.3. The first-order chi connectivity index (χ1) is 12.1. The minimum Gasteiger partial charge on any atom is -0.337 e. The van der Waals surface area contributed by atoms with Gasteiger partial charge < -0.3 is 14.4 Å². The van der Waals surface area contributed by atoms with Gasteiger partial charge in [-0.25, -0.2) is 9.37 Å². The fourth-order valence-electron chi connectivity index (χ4n) is 3.21. The lowest BCUT2D eigenvalue weighted by Crippen LogP contribution is -2.35. The van der Waals surface area contributed by atoms with Crippen LogP contribution in [0.5, 0.6) is 0 Å². The third-order valence-corrected chi connectivity index (χ3v) is 4.62. The molecule has 0 saturated carbocycles. The highest BCUT2D eigenvalue weighted by Crippen LogP contribution is 2.10. The molecule has 2 aromatic heterocycles. The number of halogens is 1. The van der Waals surface area contributed by atoms with Crippen molar-refractivity contribution < 1.29 is 9.18 Å². The molecule has 0 aromatic carbocycles. The normalized spacial score (nSPS) is 16.0. The first-order valence-corrected chi connectivity index (χ1v) is 8.73. The number of imidazole rings is 1. The number of amides is 1. The molecular weight excluding hydrogens is 321 g/mol. The molecule has 3 heterocycles. The summed E-state index contributed by atoms with van der Waals surface area (Å²) in [5, 5.41) is 0. The van der Waals surface area contributed by atoms with Crippen LogP contribution in [0, 0.1) is 12.7 Å². The van der Waals surface area contributed by atoms with Gasteiger partial charge in [0.2, 0.25) is 0 Å². The Hall–Kier alpha value is -2.28. The summed E-state index contributed by atoms with van der Waals surface area (Å²) in [6.45, 7) is 7.16. The highest BCUT2D eigenvalue weighted by atomic mass is 19.1. The molecule has 0 radical (unpaired) electrons. The molecule has 1 fully saturated rings. The second-order valence-corrected chi connectivity index (χ2v) is 6.40. The van der Waals surface area contributed by atoms with Gasteiger partial charge in [-0.1, -0.05) is 0 Å². The first-order valence-electron chi connectivity index (χ1n) is 8.73. The van der Waals surface area contributed by atoms with Crippen LogP contribution in [0.4, 0.5) is 4.39 Å². The molecule has 7 heteroatoms. The Morgan fingerprint density at radius 1 is 1.20 bits per heavy atom. The molecule has 134 valence electrons. The summed E-state index contributed by atoms with van der Waals surface area (Å²) in [6.07, 6.45) is 8.36. The number of aromatic nitrogens is 3. The number of hydrogen-bond donors (Lipinski definition) is 0. The number of carbonyl (C=O) groups excluding carboxylic acids is 1. The van der Waals surface area contributed by atoms with Crippen molar-refractivity contribution in [3.8, 4) is 0 Å². The number of carbonyl (C=O) groups is 1. The zero-order valence-electron chi connectivity index (χ0n) is 14.6. The van der Waals surface area contributed by atoms with Gasteiger partial charge in [-0.05, 0) is 38.9 Å². The fourth-order valence-corrected chi connectivity index (χ4v) is 3.21.